The highest BCUT2D eigenvalue weighted by molar-refractivity contribution is 6.31. The second-order valence-electron chi connectivity index (χ2n) is 4.83. The van der Waals surface area contributed by atoms with Gasteiger partial charge in [0.2, 0.25) is 5.88 Å². The van der Waals surface area contributed by atoms with Crippen molar-refractivity contribution in [3.8, 4) is 11.6 Å². The number of benzene rings is 1. The van der Waals surface area contributed by atoms with E-state index in [1.165, 1.54) is 12.8 Å². The van der Waals surface area contributed by atoms with Gasteiger partial charge in [-0.2, -0.15) is 0 Å². The summed E-state index contributed by atoms with van der Waals surface area (Å²) in [5, 5.41) is 4.76. The molecule has 0 unspecified atom stereocenters. The van der Waals surface area contributed by atoms with Gasteiger partial charge in [-0.05, 0) is 42.7 Å². The van der Waals surface area contributed by atoms with Crippen LogP contribution in [0.3, 0.4) is 0 Å². The quantitative estimate of drug-likeness (QED) is 0.887. The lowest BCUT2D eigenvalue weighted by atomic mass is 10.2. The Morgan fingerprint density at radius 3 is 2.65 bits per heavy atom. The highest BCUT2D eigenvalue weighted by Gasteiger charge is 2.20. The van der Waals surface area contributed by atoms with Crippen LogP contribution in [0, 0.1) is 0 Å². The number of nitrogens with one attached hydrogen (secondary N) is 1. The van der Waals surface area contributed by atoms with E-state index in [0.717, 1.165) is 12.1 Å². The van der Waals surface area contributed by atoms with E-state index in [-0.39, 0.29) is 0 Å². The molecule has 1 aliphatic rings. The van der Waals surface area contributed by atoms with Crippen molar-refractivity contribution in [2.75, 3.05) is 0 Å². The summed E-state index contributed by atoms with van der Waals surface area (Å²) in [6, 6.07) is 9.68. The first-order valence-electron chi connectivity index (χ1n) is 6.52. The molecule has 1 saturated carbocycles. The zero-order valence-corrected chi connectivity index (χ0v) is 12.3. The second kappa shape index (κ2) is 6.00. The van der Waals surface area contributed by atoms with E-state index in [1.54, 1.807) is 30.5 Å². The lowest BCUT2D eigenvalue weighted by Crippen LogP contribution is -2.15. The molecule has 0 amide bonds. The van der Waals surface area contributed by atoms with E-state index in [0.29, 0.717) is 27.7 Å². The molecule has 0 radical (unpaired) electrons. The molecular weight excluding hydrogens is 295 g/mol. The van der Waals surface area contributed by atoms with E-state index in [1.807, 2.05) is 6.07 Å². The molecule has 1 heterocycles. The largest absolute Gasteiger partial charge is 0.439 e. The highest BCUT2D eigenvalue weighted by Crippen LogP contribution is 2.26. The van der Waals surface area contributed by atoms with Gasteiger partial charge in [-0.25, -0.2) is 4.98 Å². The monoisotopic (exact) mass is 308 g/mol. The van der Waals surface area contributed by atoms with E-state index in [2.05, 4.69) is 10.3 Å². The van der Waals surface area contributed by atoms with E-state index < -0.39 is 0 Å². The molecule has 1 aromatic carbocycles. The van der Waals surface area contributed by atoms with Gasteiger partial charge in [0.1, 0.15) is 5.75 Å². The Bertz CT molecular complexity index is 597. The molecule has 104 valence electrons. The summed E-state index contributed by atoms with van der Waals surface area (Å²) in [5.74, 6) is 1.23. The number of ether oxygens (including phenoxy) is 1. The van der Waals surface area contributed by atoms with Crippen molar-refractivity contribution in [3.05, 3.63) is 52.1 Å². The minimum absolute atomic E-state index is 0.532. The first kappa shape index (κ1) is 13.7. The lowest BCUT2D eigenvalue weighted by molar-refractivity contribution is 0.461. The molecule has 1 fully saturated rings. The fourth-order valence-electron chi connectivity index (χ4n) is 1.81. The van der Waals surface area contributed by atoms with Crippen molar-refractivity contribution >= 4 is 23.2 Å². The van der Waals surface area contributed by atoms with E-state index in [9.17, 15) is 0 Å². The molecule has 0 spiro atoms. The van der Waals surface area contributed by atoms with Crippen molar-refractivity contribution in [2.24, 2.45) is 0 Å². The van der Waals surface area contributed by atoms with Crippen molar-refractivity contribution < 1.29 is 4.74 Å². The molecule has 2 aromatic rings. The lowest BCUT2D eigenvalue weighted by Gasteiger charge is -2.09. The van der Waals surface area contributed by atoms with E-state index >= 15 is 0 Å². The van der Waals surface area contributed by atoms with Gasteiger partial charge in [0.25, 0.3) is 0 Å². The third kappa shape index (κ3) is 3.63. The number of aromatic nitrogens is 1. The maximum atomic E-state index is 6.15. The number of hydrogen-bond donors (Lipinski definition) is 1. The molecule has 3 rings (SSSR count). The summed E-state index contributed by atoms with van der Waals surface area (Å²) in [4.78, 5) is 4.18. The maximum absolute atomic E-state index is 6.15. The van der Waals surface area contributed by atoms with Crippen LogP contribution in [0.2, 0.25) is 10.0 Å². The fraction of sp³-hybridized carbons (Fsp3) is 0.267. The third-order valence-electron chi connectivity index (χ3n) is 3.10. The van der Waals surface area contributed by atoms with Gasteiger partial charge >= 0.3 is 0 Å². The van der Waals surface area contributed by atoms with Crippen LogP contribution < -0.4 is 10.1 Å². The van der Waals surface area contributed by atoms with E-state index in [4.69, 9.17) is 27.9 Å². The predicted molar refractivity (Wildman–Crippen MR) is 80.6 cm³/mol. The van der Waals surface area contributed by atoms with Crippen LogP contribution >= 0.6 is 23.2 Å². The maximum Gasteiger partial charge on any atom is 0.219 e. The molecule has 1 aromatic heterocycles. The Labute approximate surface area is 127 Å². The molecule has 0 atom stereocenters. The Balaban J connectivity index is 1.71. The zero-order valence-electron chi connectivity index (χ0n) is 10.8. The third-order valence-corrected chi connectivity index (χ3v) is 3.70. The predicted octanol–water partition coefficient (Wildman–Crippen LogP) is 4.43. The Hall–Kier alpha value is -1.29. The smallest absolute Gasteiger partial charge is 0.219 e. The van der Waals surface area contributed by atoms with Gasteiger partial charge in [-0.1, -0.05) is 23.2 Å². The molecule has 20 heavy (non-hydrogen) atoms. The molecule has 1 N–H and O–H groups in total. The van der Waals surface area contributed by atoms with Crippen LogP contribution in [-0.4, -0.2) is 11.0 Å². The van der Waals surface area contributed by atoms with Gasteiger partial charge in [0, 0.05) is 29.9 Å². The number of halogens is 2. The number of pyridine rings is 1. The molecule has 0 aliphatic heterocycles. The van der Waals surface area contributed by atoms with Crippen molar-refractivity contribution in [3.63, 3.8) is 0 Å². The van der Waals surface area contributed by atoms with Crippen molar-refractivity contribution in [2.45, 2.75) is 25.4 Å². The minimum Gasteiger partial charge on any atom is -0.439 e. The Kier molecular flexibility index (Phi) is 4.10. The Morgan fingerprint density at radius 2 is 1.95 bits per heavy atom. The molecule has 0 saturated heterocycles. The van der Waals surface area contributed by atoms with Crippen LogP contribution in [0.4, 0.5) is 0 Å². The van der Waals surface area contributed by atoms with Crippen molar-refractivity contribution in [1.82, 2.24) is 10.3 Å². The van der Waals surface area contributed by atoms with Gasteiger partial charge < -0.3 is 10.1 Å². The van der Waals surface area contributed by atoms with Crippen LogP contribution in [0.15, 0.2) is 36.5 Å². The summed E-state index contributed by atoms with van der Waals surface area (Å²) >= 11 is 12.0. The van der Waals surface area contributed by atoms with Crippen LogP contribution in [0.5, 0.6) is 11.6 Å². The average Bonchev–Trinajstić information content (AvgIpc) is 3.26. The summed E-state index contributed by atoms with van der Waals surface area (Å²) in [7, 11) is 0. The minimum atomic E-state index is 0.532. The number of nitrogens with zero attached hydrogens (tertiary/aromatic N) is 1. The SMILES string of the molecule is Clc1ccc(Oc2cc(CNC3CC3)c(Cl)cn2)cc1. The van der Waals surface area contributed by atoms with Gasteiger partial charge in [0.05, 0.1) is 5.02 Å². The normalized spacial score (nSPS) is 14.3. The fourth-order valence-corrected chi connectivity index (χ4v) is 2.11. The molecule has 0 bridgehead atoms. The molecule has 1 aliphatic carbocycles. The summed E-state index contributed by atoms with van der Waals surface area (Å²) < 4.78 is 5.70. The van der Waals surface area contributed by atoms with Crippen LogP contribution in [0.1, 0.15) is 18.4 Å². The average molecular weight is 309 g/mol. The topological polar surface area (TPSA) is 34.1 Å². The highest BCUT2D eigenvalue weighted by atomic mass is 35.5. The molecule has 3 nitrogen and oxygen atoms in total. The summed E-state index contributed by atoms with van der Waals surface area (Å²) in [6.07, 6.45) is 4.12. The van der Waals surface area contributed by atoms with Gasteiger partial charge in [0.15, 0.2) is 0 Å². The molecule has 5 heteroatoms. The molecular formula is C15H14Cl2N2O. The summed E-state index contributed by atoms with van der Waals surface area (Å²) in [5.41, 5.74) is 0.998. The number of rotatable bonds is 5. The van der Waals surface area contributed by atoms with Gasteiger partial charge in [-0.15, -0.1) is 0 Å². The first-order valence-corrected chi connectivity index (χ1v) is 7.27. The second-order valence-corrected chi connectivity index (χ2v) is 5.67. The van der Waals surface area contributed by atoms with Gasteiger partial charge in [-0.3, -0.25) is 0 Å². The number of hydrogen-bond acceptors (Lipinski definition) is 3. The zero-order chi connectivity index (χ0) is 13.9. The van der Waals surface area contributed by atoms with Crippen LogP contribution in [-0.2, 0) is 6.54 Å². The Morgan fingerprint density at radius 1 is 1.20 bits per heavy atom. The summed E-state index contributed by atoms with van der Waals surface area (Å²) in [6.45, 7) is 0.739. The first-order chi connectivity index (χ1) is 9.70. The van der Waals surface area contributed by atoms with Crippen molar-refractivity contribution in [1.29, 1.82) is 0 Å². The standard InChI is InChI=1S/C15H14Cl2N2O/c16-11-1-5-13(6-2-11)20-15-7-10(14(17)9-19-15)8-18-12-3-4-12/h1-2,5-7,9,12,18H,3-4,8H2. The van der Waals surface area contributed by atoms with Crippen LogP contribution in [0.25, 0.3) is 0 Å².